The molecular formula is C12H18N4O3. The summed E-state index contributed by atoms with van der Waals surface area (Å²) in [6.45, 7) is 6.81. The van der Waals surface area contributed by atoms with E-state index in [0.717, 1.165) is 6.54 Å². The Hall–Kier alpha value is -1.47. The van der Waals surface area contributed by atoms with Gasteiger partial charge in [-0.25, -0.2) is 0 Å². The van der Waals surface area contributed by atoms with Crippen LogP contribution in [0, 0.1) is 6.92 Å². The fourth-order valence-corrected chi connectivity index (χ4v) is 2.48. The second-order valence-electron chi connectivity index (χ2n) is 5.34. The van der Waals surface area contributed by atoms with Crippen molar-refractivity contribution >= 4 is 5.91 Å². The smallest absolute Gasteiger partial charge is 0.255 e. The minimum atomic E-state index is -0.742. The van der Waals surface area contributed by atoms with Crippen LogP contribution in [0.4, 0.5) is 0 Å². The van der Waals surface area contributed by atoms with Gasteiger partial charge in [-0.3, -0.25) is 4.79 Å². The normalized spacial score (nSPS) is 28.2. The van der Waals surface area contributed by atoms with Crippen LogP contribution in [-0.4, -0.2) is 59.3 Å². The zero-order valence-corrected chi connectivity index (χ0v) is 11.2. The molecule has 0 saturated carbocycles. The Labute approximate surface area is 111 Å². The molecule has 1 unspecified atom stereocenters. The third kappa shape index (κ3) is 2.23. The van der Waals surface area contributed by atoms with Crippen molar-refractivity contribution in [2.24, 2.45) is 0 Å². The zero-order valence-electron chi connectivity index (χ0n) is 11.2. The van der Waals surface area contributed by atoms with Gasteiger partial charge in [-0.1, -0.05) is 5.16 Å². The number of carbonyl (C=O) groups is 1. The molecule has 0 aliphatic carbocycles. The largest absolute Gasteiger partial charge is 0.363 e. The summed E-state index contributed by atoms with van der Waals surface area (Å²) in [6.07, 6.45) is 0. The number of carbonyl (C=O) groups excluding carboxylic acids is 1. The minimum absolute atomic E-state index is 0.0344. The Morgan fingerprint density at radius 3 is 2.89 bits per heavy atom. The van der Waals surface area contributed by atoms with Crippen molar-refractivity contribution < 1.29 is 14.1 Å². The maximum absolute atomic E-state index is 12.4. The van der Waals surface area contributed by atoms with Crippen molar-refractivity contribution in [1.29, 1.82) is 0 Å². The summed E-state index contributed by atoms with van der Waals surface area (Å²) in [5.74, 6) is 1.44. The first kappa shape index (κ1) is 12.6. The van der Waals surface area contributed by atoms with E-state index in [1.54, 1.807) is 11.8 Å². The van der Waals surface area contributed by atoms with Gasteiger partial charge in [-0.15, -0.1) is 0 Å². The number of nitrogens with zero attached hydrogens (tertiary/aromatic N) is 3. The van der Waals surface area contributed by atoms with Gasteiger partial charge >= 0.3 is 0 Å². The number of ether oxygens (including phenoxy) is 1. The molecule has 2 fully saturated rings. The summed E-state index contributed by atoms with van der Waals surface area (Å²) >= 11 is 0. The molecule has 19 heavy (non-hydrogen) atoms. The van der Waals surface area contributed by atoms with Crippen molar-refractivity contribution in [3.63, 3.8) is 0 Å². The van der Waals surface area contributed by atoms with Crippen LogP contribution in [0.1, 0.15) is 24.6 Å². The molecule has 0 bridgehead atoms. The van der Waals surface area contributed by atoms with Gasteiger partial charge in [0.05, 0.1) is 12.5 Å². The highest BCUT2D eigenvalue weighted by Crippen LogP contribution is 2.29. The predicted octanol–water partition coefficient (Wildman–Crippen LogP) is -0.318. The maximum Gasteiger partial charge on any atom is 0.255 e. The fourth-order valence-electron chi connectivity index (χ4n) is 2.48. The van der Waals surface area contributed by atoms with Crippen LogP contribution >= 0.6 is 0 Å². The molecule has 7 heteroatoms. The molecule has 3 rings (SSSR count). The number of aromatic nitrogens is 2. The Morgan fingerprint density at radius 2 is 2.32 bits per heavy atom. The molecule has 2 saturated heterocycles. The standard InChI is InChI=1S/C12H18N4O3/c1-8-14-10(19-15-8)9-5-16(6-9)11(17)12(2)7-13-3-4-18-12/h9,13H,3-7H2,1-2H3. The van der Waals surface area contributed by atoms with Crippen LogP contribution in [0.15, 0.2) is 4.52 Å². The first-order valence-electron chi connectivity index (χ1n) is 6.53. The summed E-state index contributed by atoms with van der Waals surface area (Å²) < 4.78 is 10.7. The Bertz CT molecular complexity index is 475. The average Bonchev–Trinajstić information content (AvgIpc) is 2.74. The molecule has 0 radical (unpaired) electrons. The Kier molecular flexibility index (Phi) is 3.02. The van der Waals surface area contributed by atoms with Gasteiger partial charge in [-0.2, -0.15) is 4.98 Å². The molecule has 2 aliphatic heterocycles. The molecular weight excluding hydrogens is 248 g/mol. The molecule has 1 N–H and O–H groups in total. The van der Waals surface area contributed by atoms with Gasteiger partial charge in [0.15, 0.2) is 11.4 Å². The molecule has 1 aromatic heterocycles. The third-order valence-electron chi connectivity index (χ3n) is 3.68. The van der Waals surface area contributed by atoms with Gasteiger partial charge in [0.2, 0.25) is 5.89 Å². The highest BCUT2D eigenvalue weighted by molar-refractivity contribution is 5.86. The number of aryl methyl sites for hydroxylation is 1. The van der Waals surface area contributed by atoms with Crippen molar-refractivity contribution in [2.45, 2.75) is 25.4 Å². The van der Waals surface area contributed by atoms with Crippen LogP contribution < -0.4 is 5.32 Å². The summed E-state index contributed by atoms with van der Waals surface area (Å²) in [5.41, 5.74) is -0.742. The Balaban J connectivity index is 1.59. The van der Waals surface area contributed by atoms with Crippen molar-refractivity contribution in [3.8, 4) is 0 Å². The van der Waals surface area contributed by atoms with E-state index in [9.17, 15) is 4.79 Å². The summed E-state index contributed by atoms with van der Waals surface area (Å²) in [6, 6.07) is 0. The van der Waals surface area contributed by atoms with E-state index in [-0.39, 0.29) is 11.8 Å². The molecule has 1 aromatic rings. The van der Waals surface area contributed by atoms with E-state index in [2.05, 4.69) is 15.5 Å². The van der Waals surface area contributed by atoms with Crippen molar-refractivity contribution in [1.82, 2.24) is 20.4 Å². The Morgan fingerprint density at radius 1 is 1.53 bits per heavy atom. The monoisotopic (exact) mass is 266 g/mol. The number of nitrogens with one attached hydrogen (secondary N) is 1. The van der Waals surface area contributed by atoms with Gasteiger partial charge in [0.25, 0.3) is 5.91 Å². The summed E-state index contributed by atoms with van der Waals surface area (Å²) in [5, 5.41) is 6.96. The highest BCUT2D eigenvalue weighted by atomic mass is 16.5. The van der Waals surface area contributed by atoms with E-state index in [1.807, 2.05) is 6.92 Å². The number of amides is 1. The van der Waals surface area contributed by atoms with Crippen LogP contribution in [0.5, 0.6) is 0 Å². The van der Waals surface area contributed by atoms with Crippen LogP contribution in [-0.2, 0) is 9.53 Å². The van der Waals surface area contributed by atoms with Crippen LogP contribution in [0.25, 0.3) is 0 Å². The van der Waals surface area contributed by atoms with Gasteiger partial charge in [0, 0.05) is 26.2 Å². The first-order valence-corrected chi connectivity index (χ1v) is 6.53. The second-order valence-corrected chi connectivity index (χ2v) is 5.34. The van der Waals surface area contributed by atoms with Crippen molar-refractivity contribution in [2.75, 3.05) is 32.8 Å². The number of hydrogen-bond acceptors (Lipinski definition) is 6. The third-order valence-corrected chi connectivity index (χ3v) is 3.68. The van der Waals surface area contributed by atoms with E-state index in [0.29, 0.717) is 38.0 Å². The van der Waals surface area contributed by atoms with Gasteiger partial charge < -0.3 is 19.5 Å². The molecule has 0 aromatic carbocycles. The van der Waals surface area contributed by atoms with E-state index in [4.69, 9.17) is 9.26 Å². The highest BCUT2D eigenvalue weighted by Gasteiger charge is 2.45. The summed E-state index contributed by atoms with van der Waals surface area (Å²) in [4.78, 5) is 18.4. The maximum atomic E-state index is 12.4. The SMILES string of the molecule is Cc1noc(C2CN(C(=O)C3(C)CNCCO3)C2)n1. The second kappa shape index (κ2) is 4.57. The molecule has 7 nitrogen and oxygen atoms in total. The number of likely N-dealkylation sites (tertiary alicyclic amines) is 1. The van der Waals surface area contributed by atoms with E-state index >= 15 is 0 Å². The fraction of sp³-hybridized carbons (Fsp3) is 0.750. The topological polar surface area (TPSA) is 80.5 Å². The van der Waals surface area contributed by atoms with Crippen molar-refractivity contribution in [3.05, 3.63) is 11.7 Å². The lowest BCUT2D eigenvalue weighted by molar-refractivity contribution is -0.164. The van der Waals surface area contributed by atoms with Gasteiger partial charge in [-0.05, 0) is 13.8 Å². The quantitative estimate of drug-likeness (QED) is 0.790. The molecule has 2 aliphatic rings. The lowest BCUT2D eigenvalue weighted by Gasteiger charge is -2.43. The molecule has 1 amide bonds. The molecule has 0 spiro atoms. The average molecular weight is 266 g/mol. The zero-order chi connectivity index (χ0) is 13.5. The number of hydrogen-bond donors (Lipinski definition) is 1. The number of rotatable bonds is 2. The molecule has 3 heterocycles. The van der Waals surface area contributed by atoms with E-state index < -0.39 is 5.60 Å². The lowest BCUT2D eigenvalue weighted by Crippen LogP contribution is -2.62. The first-order chi connectivity index (χ1) is 9.08. The van der Waals surface area contributed by atoms with Gasteiger partial charge in [0.1, 0.15) is 0 Å². The predicted molar refractivity (Wildman–Crippen MR) is 65.6 cm³/mol. The minimum Gasteiger partial charge on any atom is -0.363 e. The van der Waals surface area contributed by atoms with E-state index in [1.165, 1.54) is 0 Å². The molecule has 1 atom stereocenters. The lowest BCUT2D eigenvalue weighted by atomic mass is 9.95. The van der Waals surface area contributed by atoms with Crippen LogP contribution in [0.3, 0.4) is 0 Å². The van der Waals surface area contributed by atoms with Crippen LogP contribution in [0.2, 0.25) is 0 Å². The number of morpholine rings is 1. The molecule has 104 valence electrons. The summed E-state index contributed by atoms with van der Waals surface area (Å²) in [7, 11) is 0.